The van der Waals surface area contributed by atoms with Crippen molar-refractivity contribution in [3.8, 4) is 0 Å². The maximum atomic E-state index is 3.05. The summed E-state index contributed by atoms with van der Waals surface area (Å²) in [5.41, 5.74) is 1.34. The fourth-order valence-corrected chi connectivity index (χ4v) is 1.57. The molecule has 1 aliphatic rings. The molecule has 0 unspecified atom stereocenters. The summed E-state index contributed by atoms with van der Waals surface area (Å²) in [6, 6.07) is 14.7. The van der Waals surface area contributed by atoms with E-state index in [0.717, 1.165) is 6.42 Å². The Morgan fingerprint density at radius 1 is 1.14 bits per heavy atom. The van der Waals surface area contributed by atoms with Crippen molar-refractivity contribution in [3.63, 3.8) is 0 Å². The van der Waals surface area contributed by atoms with Crippen LogP contribution in [0.1, 0.15) is 27.2 Å². The molecule has 21 heavy (non-hydrogen) atoms. The molecule has 0 N–H and O–H groups in total. The van der Waals surface area contributed by atoms with Crippen LogP contribution in [0.15, 0.2) is 60.2 Å². The number of hydrogen-bond donors (Lipinski definition) is 0. The van der Waals surface area contributed by atoms with Gasteiger partial charge in [0.05, 0.1) is 0 Å². The third-order valence-electron chi connectivity index (χ3n) is 2.42. The molecule has 0 atom stereocenters. The predicted octanol–water partition coefficient (Wildman–Crippen LogP) is -0.992. The van der Waals surface area contributed by atoms with Gasteiger partial charge < -0.3 is 24.8 Å². The fourth-order valence-electron chi connectivity index (χ4n) is 1.57. The van der Waals surface area contributed by atoms with Crippen molar-refractivity contribution in [2.24, 2.45) is 0 Å². The van der Waals surface area contributed by atoms with Crippen LogP contribution in [-0.2, 0) is 24.2 Å². The van der Waals surface area contributed by atoms with Crippen molar-refractivity contribution in [2.45, 2.75) is 27.2 Å². The largest absolute Gasteiger partial charge is 1.00 e. The molecule has 2 aromatic rings. The first kappa shape index (κ1) is 22.9. The number of benzene rings is 1. The first-order valence-corrected chi connectivity index (χ1v) is 7.68. The number of fused-ring (bicyclic) bond motifs is 1. The van der Waals surface area contributed by atoms with Crippen molar-refractivity contribution >= 4 is 14.0 Å². The molecule has 0 nitrogen and oxygen atoms in total. The second-order valence-electron chi connectivity index (χ2n) is 4.66. The zero-order valence-electron chi connectivity index (χ0n) is 12.7. The number of halogens is 2. The van der Waals surface area contributed by atoms with Gasteiger partial charge in [0.15, 0.2) is 0 Å². The molecule has 0 saturated carbocycles. The van der Waals surface area contributed by atoms with Crippen molar-refractivity contribution in [3.05, 3.63) is 66.3 Å². The minimum absolute atomic E-state index is 0. The van der Waals surface area contributed by atoms with Crippen LogP contribution < -0.4 is 24.8 Å². The van der Waals surface area contributed by atoms with Crippen LogP contribution in [0.25, 0.3) is 10.8 Å². The third kappa shape index (κ3) is 10.9. The molecular weight excluding hydrogens is 378 g/mol. The predicted molar refractivity (Wildman–Crippen MR) is 82.1 cm³/mol. The van der Waals surface area contributed by atoms with Gasteiger partial charge in [-0.05, 0) is 0 Å². The Morgan fingerprint density at radius 3 is 2.19 bits per heavy atom. The van der Waals surface area contributed by atoms with Crippen LogP contribution in [0.2, 0.25) is 0 Å². The second kappa shape index (κ2) is 13.3. The minimum atomic E-state index is 0. The fraction of sp³-hybridized carbons (Fsp3) is 0.222. The van der Waals surface area contributed by atoms with E-state index in [1.807, 2.05) is 6.08 Å². The van der Waals surface area contributed by atoms with Gasteiger partial charge >= 0.3 is 41.3 Å². The van der Waals surface area contributed by atoms with Gasteiger partial charge in [0.2, 0.25) is 0 Å². The Morgan fingerprint density at radius 2 is 1.76 bits per heavy atom. The van der Waals surface area contributed by atoms with Crippen LogP contribution in [-0.4, -0.2) is 3.21 Å². The molecule has 0 fully saturated rings. The summed E-state index contributed by atoms with van der Waals surface area (Å²) in [6.45, 7) is 6.33. The van der Waals surface area contributed by atoms with Crippen molar-refractivity contribution < 1.29 is 49.0 Å². The van der Waals surface area contributed by atoms with Crippen LogP contribution in [0, 0.1) is 6.08 Å². The Kier molecular flexibility index (Phi) is 14.5. The molecule has 0 radical (unpaired) electrons. The Balaban J connectivity index is 0. The summed E-state index contributed by atoms with van der Waals surface area (Å²) in [5, 5.41) is 2.66. The second-order valence-corrected chi connectivity index (χ2v) is 7.11. The van der Waals surface area contributed by atoms with Gasteiger partial charge in [-0.15, -0.1) is 43.0 Å². The molecule has 0 aliphatic heterocycles. The minimum Gasteiger partial charge on any atom is -1.00 e. The zero-order chi connectivity index (χ0) is 14.1. The molecular formula is C18H20Cl2Zr-2. The molecule has 0 aromatic heterocycles. The average Bonchev–Trinajstić information content (AvgIpc) is 2.99. The Hall–Kier alpha value is -0.357. The average molecular weight is 398 g/mol. The van der Waals surface area contributed by atoms with Crippen LogP contribution in [0.3, 0.4) is 0 Å². The first-order valence-electron chi connectivity index (χ1n) is 6.45. The summed E-state index contributed by atoms with van der Waals surface area (Å²) in [6.07, 6.45) is 8.24. The SMILES string of the molecule is CC1=CC[C-]=C1.C[C](C)=[Zr+2].[Cl-].[Cl-].c1ccc2[cH-]ccc2c1. The van der Waals surface area contributed by atoms with Gasteiger partial charge in [-0.25, -0.2) is 11.6 Å². The summed E-state index contributed by atoms with van der Waals surface area (Å²) in [7, 11) is 0. The van der Waals surface area contributed by atoms with Gasteiger partial charge in [0.25, 0.3) is 0 Å². The normalized spacial score (nSPS) is 11.0. The molecule has 3 rings (SSSR count). The summed E-state index contributed by atoms with van der Waals surface area (Å²) < 4.78 is 1.51. The van der Waals surface area contributed by atoms with E-state index >= 15 is 0 Å². The molecule has 112 valence electrons. The molecule has 1 aliphatic carbocycles. The van der Waals surface area contributed by atoms with Crippen molar-refractivity contribution in [2.75, 3.05) is 0 Å². The number of hydrogen-bond acceptors (Lipinski definition) is 0. The molecule has 0 spiro atoms. The topological polar surface area (TPSA) is 0 Å². The van der Waals surface area contributed by atoms with Crippen molar-refractivity contribution in [1.82, 2.24) is 0 Å². The Labute approximate surface area is 155 Å². The summed E-state index contributed by atoms with van der Waals surface area (Å²) >= 11 is 1.55. The standard InChI is InChI=1S/C9H7.C6H7.C3H6.2ClH.Zr/c1-2-5-9-7-3-6-8(9)4-1;1-6-4-2-3-5-6;1-3-2;;;/h1-7H;4-5H,2H2,1H3;1-2H3;2*1H;/q2*-1;;;;+2/p-2. The Bertz CT molecular complexity index is 543. The van der Waals surface area contributed by atoms with Crippen LogP contribution in [0.5, 0.6) is 0 Å². The van der Waals surface area contributed by atoms with E-state index in [4.69, 9.17) is 0 Å². The van der Waals surface area contributed by atoms with E-state index in [1.165, 1.54) is 19.6 Å². The number of allylic oxidation sites excluding steroid dienone is 4. The first-order chi connectivity index (χ1) is 9.09. The molecule has 0 amide bonds. The van der Waals surface area contributed by atoms with Crippen molar-refractivity contribution in [1.29, 1.82) is 0 Å². The molecule has 2 aromatic carbocycles. The van der Waals surface area contributed by atoms with Crippen LogP contribution >= 0.6 is 0 Å². The van der Waals surface area contributed by atoms with Gasteiger partial charge in [-0.1, -0.05) is 6.07 Å². The van der Waals surface area contributed by atoms with E-state index in [9.17, 15) is 0 Å². The van der Waals surface area contributed by atoms with Gasteiger partial charge in [0.1, 0.15) is 0 Å². The maximum Gasteiger partial charge on any atom is -0.0809 e. The van der Waals surface area contributed by atoms with E-state index in [2.05, 4.69) is 75.4 Å². The summed E-state index contributed by atoms with van der Waals surface area (Å²) in [4.78, 5) is 0. The van der Waals surface area contributed by atoms with E-state index < -0.39 is 0 Å². The molecule has 3 heteroatoms. The zero-order valence-corrected chi connectivity index (χ0v) is 16.6. The smallest absolute Gasteiger partial charge is 0.0809 e. The number of rotatable bonds is 0. The summed E-state index contributed by atoms with van der Waals surface area (Å²) in [5.74, 6) is 0. The molecule has 0 heterocycles. The van der Waals surface area contributed by atoms with Crippen LogP contribution in [0.4, 0.5) is 0 Å². The molecule has 0 bridgehead atoms. The quantitative estimate of drug-likeness (QED) is 0.500. The van der Waals surface area contributed by atoms with E-state index in [0.29, 0.717) is 0 Å². The monoisotopic (exact) mass is 396 g/mol. The molecule has 0 saturated heterocycles. The van der Waals surface area contributed by atoms with E-state index in [-0.39, 0.29) is 24.8 Å². The van der Waals surface area contributed by atoms with Gasteiger partial charge in [-0.2, -0.15) is 23.6 Å². The van der Waals surface area contributed by atoms with E-state index in [1.54, 1.807) is 24.2 Å². The van der Waals surface area contributed by atoms with Gasteiger partial charge in [-0.3, -0.25) is 6.08 Å². The van der Waals surface area contributed by atoms with Gasteiger partial charge in [0, 0.05) is 0 Å². The third-order valence-corrected chi connectivity index (χ3v) is 2.42. The maximum absolute atomic E-state index is 3.05.